The summed E-state index contributed by atoms with van der Waals surface area (Å²) in [6.45, 7) is 1.49. The van der Waals surface area contributed by atoms with Crippen LogP contribution in [0, 0.1) is 17.0 Å². The lowest BCUT2D eigenvalue weighted by Crippen LogP contribution is -2.30. The van der Waals surface area contributed by atoms with Gasteiger partial charge in [-0.1, -0.05) is 6.07 Å². The molecule has 9 heteroatoms. The van der Waals surface area contributed by atoms with E-state index in [1.54, 1.807) is 31.2 Å². The van der Waals surface area contributed by atoms with Gasteiger partial charge in [-0.2, -0.15) is 4.31 Å². The lowest BCUT2D eigenvalue weighted by Gasteiger charge is -2.20. The van der Waals surface area contributed by atoms with Crippen molar-refractivity contribution in [2.24, 2.45) is 0 Å². The molecular weight excluding hydrogens is 360 g/mol. The minimum atomic E-state index is -4.02. The molecule has 2 aromatic heterocycles. The number of hydrogen-bond donors (Lipinski definition) is 0. The Morgan fingerprint density at radius 1 is 1.04 bits per heavy atom. The van der Waals surface area contributed by atoms with Gasteiger partial charge in [0.25, 0.3) is 5.69 Å². The highest BCUT2D eigenvalue weighted by Crippen LogP contribution is 2.26. The highest BCUT2D eigenvalue weighted by molar-refractivity contribution is 7.89. The molecule has 0 fully saturated rings. The third-order valence-electron chi connectivity index (χ3n) is 3.84. The average Bonchev–Trinajstić information content (AvgIpc) is 3.28. The summed E-state index contributed by atoms with van der Waals surface area (Å²) >= 11 is 0. The predicted molar refractivity (Wildman–Crippen MR) is 91.7 cm³/mol. The summed E-state index contributed by atoms with van der Waals surface area (Å²) in [6, 6.07) is 10.5. The fraction of sp³-hybridized carbons (Fsp3) is 0.176. The van der Waals surface area contributed by atoms with E-state index in [4.69, 9.17) is 8.83 Å². The topological polar surface area (TPSA) is 107 Å². The minimum absolute atomic E-state index is 0.0301. The summed E-state index contributed by atoms with van der Waals surface area (Å²) in [4.78, 5) is 10.4. The van der Waals surface area contributed by atoms with Crippen molar-refractivity contribution >= 4 is 15.7 Å². The fourth-order valence-corrected chi connectivity index (χ4v) is 3.87. The van der Waals surface area contributed by atoms with E-state index in [-0.39, 0.29) is 23.7 Å². The first-order chi connectivity index (χ1) is 12.4. The Morgan fingerprint density at radius 2 is 1.62 bits per heavy atom. The van der Waals surface area contributed by atoms with Crippen molar-refractivity contribution in [3.05, 3.63) is 82.2 Å². The van der Waals surface area contributed by atoms with Crippen molar-refractivity contribution < 1.29 is 22.2 Å². The van der Waals surface area contributed by atoms with Crippen LogP contribution in [-0.4, -0.2) is 17.6 Å². The second-order valence-electron chi connectivity index (χ2n) is 5.64. The Bertz CT molecular complexity index is 958. The summed E-state index contributed by atoms with van der Waals surface area (Å²) < 4.78 is 37.8. The number of hydrogen-bond acceptors (Lipinski definition) is 6. The highest BCUT2D eigenvalue weighted by atomic mass is 32.2. The van der Waals surface area contributed by atoms with Gasteiger partial charge in [0.1, 0.15) is 11.5 Å². The van der Waals surface area contributed by atoms with Crippen molar-refractivity contribution in [3.63, 3.8) is 0 Å². The van der Waals surface area contributed by atoms with E-state index in [0.29, 0.717) is 17.1 Å². The monoisotopic (exact) mass is 376 g/mol. The zero-order chi connectivity index (χ0) is 18.7. The molecule has 0 atom stereocenters. The van der Waals surface area contributed by atoms with Crippen LogP contribution in [0.1, 0.15) is 17.1 Å². The standard InChI is InChI=1S/C17H16N2O6S/c1-13-6-7-16(10-17(13)19(20)21)26(22,23)18(11-14-4-2-8-24-14)12-15-5-3-9-25-15/h2-10H,11-12H2,1H3. The maximum absolute atomic E-state index is 13.1. The molecule has 3 rings (SSSR count). The normalized spacial score (nSPS) is 11.8. The Labute approximate surface area is 149 Å². The molecule has 0 bridgehead atoms. The Kier molecular flexibility index (Phi) is 4.92. The van der Waals surface area contributed by atoms with Gasteiger partial charge >= 0.3 is 0 Å². The lowest BCUT2D eigenvalue weighted by atomic mass is 10.2. The zero-order valence-corrected chi connectivity index (χ0v) is 14.7. The van der Waals surface area contributed by atoms with E-state index < -0.39 is 14.9 Å². The van der Waals surface area contributed by atoms with E-state index >= 15 is 0 Å². The lowest BCUT2D eigenvalue weighted by molar-refractivity contribution is -0.385. The van der Waals surface area contributed by atoms with E-state index in [1.807, 2.05) is 0 Å². The van der Waals surface area contributed by atoms with Crippen LogP contribution in [0.3, 0.4) is 0 Å². The maximum Gasteiger partial charge on any atom is 0.273 e. The molecule has 8 nitrogen and oxygen atoms in total. The molecule has 3 aromatic rings. The number of nitro groups is 1. The molecule has 0 saturated carbocycles. The summed E-state index contributed by atoms with van der Waals surface area (Å²) in [5, 5.41) is 11.2. The van der Waals surface area contributed by atoms with Crippen molar-refractivity contribution in [2.45, 2.75) is 24.9 Å². The molecule has 0 aliphatic heterocycles. The first kappa shape index (κ1) is 17.9. The van der Waals surface area contributed by atoms with E-state index in [0.717, 1.165) is 10.4 Å². The number of aryl methyl sites for hydroxylation is 1. The predicted octanol–water partition coefficient (Wildman–Crippen LogP) is 3.48. The molecule has 0 radical (unpaired) electrons. The van der Waals surface area contributed by atoms with Crippen molar-refractivity contribution in [2.75, 3.05) is 0 Å². The molecule has 26 heavy (non-hydrogen) atoms. The SMILES string of the molecule is Cc1ccc(S(=O)(=O)N(Cc2ccco2)Cc2ccco2)cc1[N+](=O)[O-]. The van der Waals surface area contributed by atoms with Crippen molar-refractivity contribution in [3.8, 4) is 0 Å². The number of benzene rings is 1. The average molecular weight is 376 g/mol. The van der Waals surface area contributed by atoms with E-state index in [2.05, 4.69) is 0 Å². The molecule has 0 aliphatic rings. The van der Waals surface area contributed by atoms with Crippen LogP contribution in [0.15, 0.2) is 68.7 Å². The van der Waals surface area contributed by atoms with Crippen LogP contribution in [0.4, 0.5) is 5.69 Å². The molecule has 0 amide bonds. The first-order valence-corrected chi connectivity index (χ1v) is 9.12. The van der Waals surface area contributed by atoms with Crippen LogP contribution in [0.25, 0.3) is 0 Å². The van der Waals surface area contributed by atoms with Crippen LogP contribution in [-0.2, 0) is 23.1 Å². The van der Waals surface area contributed by atoms with Crippen LogP contribution in [0.5, 0.6) is 0 Å². The highest BCUT2D eigenvalue weighted by Gasteiger charge is 2.28. The van der Waals surface area contributed by atoms with Gasteiger partial charge < -0.3 is 8.83 Å². The van der Waals surface area contributed by atoms with Gasteiger partial charge in [0.2, 0.25) is 10.0 Å². The second kappa shape index (κ2) is 7.14. The summed E-state index contributed by atoms with van der Waals surface area (Å²) in [7, 11) is -4.02. The van der Waals surface area contributed by atoms with Gasteiger partial charge in [-0.15, -0.1) is 0 Å². The van der Waals surface area contributed by atoms with Gasteiger partial charge in [0, 0.05) is 11.6 Å². The number of sulfonamides is 1. The molecule has 0 unspecified atom stereocenters. The quantitative estimate of drug-likeness (QED) is 0.461. The zero-order valence-electron chi connectivity index (χ0n) is 13.9. The third kappa shape index (κ3) is 3.68. The molecule has 0 saturated heterocycles. The summed E-state index contributed by atoms with van der Waals surface area (Å²) in [6.07, 6.45) is 2.90. The molecule has 1 aromatic carbocycles. The Balaban J connectivity index is 2.00. The van der Waals surface area contributed by atoms with Crippen LogP contribution < -0.4 is 0 Å². The third-order valence-corrected chi connectivity index (χ3v) is 5.63. The Hall–Kier alpha value is -2.91. The fourth-order valence-electron chi connectivity index (χ4n) is 2.47. The molecule has 2 heterocycles. The molecule has 0 aliphatic carbocycles. The van der Waals surface area contributed by atoms with Gasteiger partial charge in [-0.25, -0.2) is 8.42 Å². The number of nitro benzene ring substituents is 1. The molecule has 0 spiro atoms. The van der Waals surface area contributed by atoms with Crippen molar-refractivity contribution in [1.82, 2.24) is 4.31 Å². The minimum Gasteiger partial charge on any atom is -0.468 e. The summed E-state index contributed by atoms with van der Waals surface area (Å²) in [5.41, 5.74) is 0.139. The van der Waals surface area contributed by atoms with Crippen molar-refractivity contribution in [1.29, 1.82) is 0 Å². The molecule has 136 valence electrons. The van der Waals surface area contributed by atoms with E-state index in [1.165, 1.54) is 24.7 Å². The number of nitrogens with zero attached hydrogens (tertiary/aromatic N) is 2. The van der Waals surface area contributed by atoms with E-state index in [9.17, 15) is 18.5 Å². The molecule has 0 N–H and O–H groups in total. The van der Waals surface area contributed by atoms with Crippen LogP contribution >= 0.6 is 0 Å². The number of rotatable bonds is 7. The smallest absolute Gasteiger partial charge is 0.273 e. The largest absolute Gasteiger partial charge is 0.468 e. The first-order valence-electron chi connectivity index (χ1n) is 7.68. The maximum atomic E-state index is 13.1. The van der Waals surface area contributed by atoms with Gasteiger partial charge in [-0.05, 0) is 37.3 Å². The van der Waals surface area contributed by atoms with Gasteiger partial charge in [-0.3, -0.25) is 10.1 Å². The number of furan rings is 2. The Morgan fingerprint density at radius 3 is 2.08 bits per heavy atom. The summed E-state index contributed by atoms with van der Waals surface area (Å²) in [5.74, 6) is 0.892. The molecular formula is C17H16N2O6S. The van der Waals surface area contributed by atoms with Crippen LogP contribution in [0.2, 0.25) is 0 Å². The van der Waals surface area contributed by atoms with Gasteiger partial charge in [0.05, 0.1) is 35.4 Å². The second-order valence-corrected chi connectivity index (χ2v) is 7.58. The van der Waals surface area contributed by atoms with Gasteiger partial charge in [0.15, 0.2) is 0 Å².